The summed E-state index contributed by atoms with van der Waals surface area (Å²) in [5.74, 6) is -0.869. The van der Waals surface area contributed by atoms with E-state index < -0.39 is 6.10 Å². The van der Waals surface area contributed by atoms with Crippen molar-refractivity contribution in [3.8, 4) is 0 Å². The highest BCUT2D eigenvalue weighted by molar-refractivity contribution is 5.71. The number of carbonyl (C=O) groups excluding carboxylic acids is 3. The lowest BCUT2D eigenvalue weighted by molar-refractivity contribution is -0.167. The SMILES string of the molecule is CCCCC/C=C\C/C=C\CCCCCCCCCC(=O)OC[C@H](COC(=O)CCCCCCCCCCCCCCCCC)OC(=O)CCCCCCCCC/C=C\CCCCCC. The third kappa shape index (κ3) is 52.5. The molecule has 0 radical (unpaired) electrons. The lowest BCUT2D eigenvalue weighted by atomic mass is 10.0. The topological polar surface area (TPSA) is 78.9 Å². The van der Waals surface area contributed by atoms with E-state index in [0.29, 0.717) is 19.3 Å². The molecule has 0 N–H and O–H groups in total. The van der Waals surface area contributed by atoms with E-state index in [1.54, 1.807) is 0 Å². The quantitative estimate of drug-likeness (QED) is 0.0262. The second-order valence-corrected chi connectivity index (χ2v) is 19.2. The van der Waals surface area contributed by atoms with Gasteiger partial charge in [-0.15, -0.1) is 0 Å². The molecule has 0 aromatic carbocycles. The molecule has 0 heterocycles. The Morgan fingerprint density at radius 3 is 0.908 bits per heavy atom. The number of allylic oxidation sites excluding steroid dienone is 6. The monoisotopic (exact) mass is 913 g/mol. The van der Waals surface area contributed by atoms with Gasteiger partial charge < -0.3 is 14.2 Å². The van der Waals surface area contributed by atoms with Crippen molar-refractivity contribution in [1.29, 1.82) is 0 Å². The van der Waals surface area contributed by atoms with E-state index in [1.807, 2.05) is 0 Å². The Bertz CT molecular complexity index is 1090. The van der Waals surface area contributed by atoms with Crippen LogP contribution < -0.4 is 0 Å². The number of rotatable bonds is 52. The van der Waals surface area contributed by atoms with Crippen molar-refractivity contribution in [2.24, 2.45) is 0 Å². The summed E-state index contributed by atoms with van der Waals surface area (Å²) in [5.41, 5.74) is 0. The zero-order chi connectivity index (χ0) is 47.2. The summed E-state index contributed by atoms with van der Waals surface area (Å²) in [7, 11) is 0. The zero-order valence-electron chi connectivity index (χ0n) is 43.5. The van der Waals surface area contributed by atoms with Crippen molar-refractivity contribution in [2.75, 3.05) is 13.2 Å². The Morgan fingerprint density at radius 1 is 0.308 bits per heavy atom. The van der Waals surface area contributed by atoms with Crippen LogP contribution in [0.3, 0.4) is 0 Å². The van der Waals surface area contributed by atoms with E-state index in [2.05, 4.69) is 57.2 Å². The molecule has 6 nitrogen and oxygen atoms in total. The van der Waals surface area contributed by atoms with E-state index in [4.69, 9.17) is 14.2 Å². The van der Waals surface area contributed by atoms with Gasteiger partial charge in [-0.25, -0.2) is 0 Å². The summed E-state index contributed by atoms with van der Waals surface area (Å²) in [6.45, 7) is 6.63. The molecule has 0 bridgehead atoms. The Hall–Kier alpha value is -2.37. The number of hydrogen-bond acceptors (Lipinski definition) is 6. The lowest BCUT2D eigenvalue weighted by Crippen LogP contribution is -2.30. The molecule has 6 heteroatoms. The van der Waals surface area contributed by atoms with Crippen LogP contribution in [0.2, 0.25) is 0 Å². The molecular weight excluding hydrogens is 805 g/mol. The molecule has 0 spiro atoms. The minimum atomic E-state index is -0.774. The number of unbranched alkanes of at least 4 members (excludes halogenated alkanes) is 35. The first-order valence-electron chi connectivity index (χ1n) is 28.5. The fourth-order valence-corrected chi connectivity index (χ4v) is 8.29. The van der Waals surface area contributed by atoms with Gasteiger partial charge in [0.05, 0.1) is 0 Å². The van der Waals surface area contributed by atoms with Crippen LogP contribution >= 0.6 is 0 Å². The first-order chi connectivity index (χ1) is 32.0. The molecule has 0 unspecified atom stereocenters. The van der Waals surface area contributed by atoms with Crippen molar-refractivity contribution in [3.63, 3.8) is 0 Å². The first kappa shape index (κ1) is 62.6. The van der Waals surface area contributed by atoms with Crippen LogP contribution in [0.15, 0.2) is 36.5 Å². The van der Waals surface area contributed by atoms with Gasteiger partial charge in [0, 0.05) is 19.3 Å². The van der Waals surface area contributed by atoms with Crippen LogP contribution in [0, 0.1) is 0 Å². The van der Waals surface area contributed by atoms with Crippen LogP contribution in [0.1, 0.15) is 303 Å². The number of carbonyl (C=O) groups is 3. The van der Waals surface area contributed by atoms with Crippen LogP contribution in [0.25, 0.3) is 0 Å². The van der Waals surface area contributed by atoms with Gasteiger partial charge in [0.15, 0.2) is 6.10 Å². The number of hydrogen-bond donors (Lipinski definition) is 0. The van der Waals surface area contributed by atoms with Crippen LogP contribution in [0.5, 0.6) is 0 Å². The maximum absolute atomic E-state index is 12.8. The Labute approximate surface area is 404 Å². The fourth-order valence-electron chi connectivity index (χ4n) is 8.29. The van der Waals surface area contributed by atoms with E-state index in [-0.39, 0.29) is 31.1 Å². The van der Waals surface area contributed by atoms with Gasteiger partial charge in [-0.2, -0.15) is 0 Å². The Kier molecular flexibility index (Phi) is 52.3. The van der Waals surface area contributed by atoms with Gasteiger partial charge >= 0.3 is 17.9 Å². The molecule has 0 aliphatic rings. The summed E-state index contributed by atoms with van der Waals surface area (Å²) in [5, 5.41) is 0. The molecule has 0 saturated carbocycles. The predicted octanol–water partition coefficient (Wildman–Crippen LogP) is 18.9. The van der Waals surface area contributed by atoms with E-state index in [9.17, 15) is 14.4 Å². The van der Waals surface area contributed by atoms with E-state index in [1.165, 1.54) is 193 Å². The Balaban J connectivity index is 4.36. The number of esters is 3. The summed E-state index contributed by atoms with van der Waals surface area (Å²) in [6.07, 6.45) is 64.1. The second-order valence-electron chi connectivity index (χ2n) is 19.2. The zero-order valence-corrected chi connectivity index (χ0v) is 43.5. The van der Waals surface area contributed by atoms with Crippen molar-refractivity contribution in [3.05, 3.63) is 36.5 Å². The van der Waals surface area contributed by atoms with Crippen molar-refractivity contribution < 1.29 is 28.6 Å². The van der Waals surface area contributed by atoms with E-state index in [0.717, 1.165) is 70.6 Å². The van der Waals surface area contributed by atoms with Gasteiger partial charge in [0.25, 0.3) is 0 Å². The predicted molar refractivity (Wildman–Crippen MR) is 279 cm³/mol. The van der Waals surface area contributed by atoms with Crippen LogP contribution in [-0.4, -0.2) is 37.2 Å². The van der Waals surface area contributed by atoms with Gasteiger partial charge in [-0.1, -0.05) is 243 Å². The first-order valence-corrected chi connectivity index (χ1v) is 28.5. The molecule has 380 valence electrons. The normalized spacial score (nSPS) is 12.2. The lowest BCUT2D eigenvalue weighted by Gasteiger charge is -2.18. The molecule has 0 aliphatic carbocycles. The third-order valence-electron chi connectivity index (χ3n) is 12.6. The average molecular weight is 914 g/mol. The molecule has 0 aliphatic heterocycles. The van der Waals surface area contributed by atoms with Gasteiger partial charge in [-0.3, -0.25) is 14.4 Å². The maximum Gasteiger partial charge on any atom is 0.306 e. The summed E-state index contributed by atoms with van der Waals surface area (Å²) < 4.78 is 16.9. The Morgan fingerprint density at radius 2 is 0.554 bits per heavy atom. The average Bonchev–Trinajstić information content (AvgIpc) is 3.30. The molecule has 1 atom stereocenters. The minimum absolute atomic E-state index is 0.0728. The standard InChI is InChI=1S/C59H108O6/c1-4-7-10-13-16-19-22-25-28-29-32-34-37-40-43-46-49-52-58(61)64-55-56(65-59(62)53-50-47-44-41-38-35-31-27-24-21-18-15-12-9-6-3)54-63-57(60)51-48-45-42-39-36-33-30-26-23-20-17-14-11-8-5-2/h16,19,21,24-25,28,56H,4-15,17-18,20,22-23,26-27,29-55H2,1-3H3/b19-16-,24-21-,28-25-/t56-/m0/s1. The summed E-state index contributed by atoms with van der Waals surface area (Å²) in [6, 6.07) is 0. The van der Waals surface area contributed by atoms with Gasteiger partial charge in [0.2, 0.25) is 0 Å². The molecule has 0 saturated heterocycles. The summed E-state index contributed by atoms with van der Waals surface area (Å²) in [4.78, 5) is 38.1. The highest BCUT2D eigenvalue weighted by Gasteiger charge is 2.19. The van der Waals surface area contributed by atoms with E-state index >= 15 is 0 Å². The molecule has 0 aromatic rings. The maximum atomic E-state index is 12.8. The van der Waals surface area contributed by atoms with Crippen LogP contribution in [-0.2, 0) is 28.6 Å². The minimum Gasteiger partial charge on any atom is -0.462 e. The molecule has 0 rings (SSSR count). The molecular formula is C59H108O6. The third-order valence-corrected chi connectivity index (χ3v) is 12.6. The van der Waals surface area contributed by atoms with Crippen molar-refractivity contribution in [2.45, 2.75) is 309 Å². The van der Waals surface area contributed by atoms with Gasteiger partial charge in [0.1, 0.15) is 13.2 Å². The molecule has 0 fully saturated rings. The fraction of sp³-hybridized carbons (Fsp3) is 0.847. The molecule has 0 aromatic heterocycles. The highest BCUT2D eigenvalue weighted by Crippen LogP contribution is 2.16. The van der Waals surface area contributed by atoms with Gasteiger partial charge in [-0.05, 0) is 77.0 Å². The van der Waals surface area contributed by atoms with Crippen molar-refractivity contribution in [1.82, 2.24) is 0 Å². The molecule has 65 heavy (non-hydrogen) atoms. The molecule has 0 amide bonds. The smallest absolute Gasteiger partial charge is 0.306 e. The van der Waals surface area contributed by atoms with Crippen LogP contribution in [0.4, 0.5) is 0 Å². The highest BCUT2D eigenvalue weighted by atomic mass is 16.6. The largest absolute Gasteiger partial charge is 0.462 e. The van der Waals surface area contributed by atoms with Crippen molar-refractivity contribution >= 4 is 17.9 Å². The summed E-state index contributed by atoms with van der Waals surface area (Å²) >= 11 is 0. The number of ether oxygens (including phenoxy) is 3. The second kappa shape index (κ2) is 54.2.